The first-order valence-corrected chi connectivity index (χ1v) is 14.0. The van der Waals surface area contributed by atoms with E-state index in [0.29, 0.717) is 24.5 Å². The van der Waals surface area contributed by atoms with E-state index in [1.54, 1.807) is 24.3 Å². The maximum atomic E-state index is 12.4. The predicted octanol–water partition coefficient (Wildman–Crippen LogP) is 8.09. The normalized spacial score (nSPS) is 11.4. The van der Waals surface area contributed by atoms with Crippen molar-refractivity contribution in [3.63, 3.8) is 0 Å². The summed E-state index contributed by atoms with van der Waals surface area (Å²) in [5.74, 6) is 1.26. The molecular formula is C32H44O6. The van der Waals surface area contributed by atoms with E-state index in [9.17, 15) is 9.59 Å². The molecule has 0 aliphatic carbocycles. The Kier molecular flexibility index (Phi) is 15.4. The van der Waals surface area contributed by atoms with E-state index in [1.807, 2.05) is 31.2 Å². The molecular weight excluding hydrogens is 480 g/mol. The molecule has 0 bridgehead atoms. The van der Waals surface area contributed by atoms with Gasteiger partial charge in [-0.1, -0.05) is 64.9 Å². The first-order chi connectivity index (χ1) is 18.5. The molecule has 0 aliphatic heterocycles. The van der Waals surface area contributed by atoms with Gasteiger partial charge in [0.2, 0.25) is 0 Å². The minimum Gasteiger partial charge on any atom is -0.494 e. The van der Waals surface area contributed by atoms with E-state index < -0.39 is 5.97 Å². The van der Waals surface area contributed by atoms with Crippen LogP contribution in [0.1, 0.15) is 94.8 Å². The molecule has 0 radical (unpaired) electrons. The maximum Gasteiger partial charge on any atom is 0.343 e. The number of hydrogen-bond acceptors (Lipinski definition) is 6. The van der Waals surface area contributed by atoms with Crippen LogP contribution in [0.5, 0.6) is 17.2 Å². The fraction of sp³-hybridized carbons (Fsp3) is 0.500. The highest BCUT2D eigenvalue weighted by Gasteiger charge is 2.10. The first kappa shape index (κ1) is 30.9. The van der Waals surface area contributed by atoms with Crippen LogP contribution in [-0.4, -0.2) is 31.3 Å². The summed E-state index contributed by atoms with van der Waals surface area (Å²) in [7, 11) is 0. The van der Waals surface area contributed by atoms with E-state index in [1.165, 1.54) is 44.6 Å². The SMILES string of the molecule is C=CC(=O)OCCCCCCCCCCCCOc1ccc(C(=O)Oc2ccc(OC(C)CC)cc2)cc1. The van der Waals surface area contributed by atoms with Gasteiger partial charge in [0.15, 0.2) is 0 Å². The molecule has 6 heteroatoms. The van der Waals surface area contributed by atoms with Crippen LogP contribution in [0.4, 0.5) is 0 Å². The lowest BCUT2D eigenvalue weighted by Crippen LogP contribution is -2.10. The summed E-state index contributed by atoms with van der Waals surface area (Å²) in [5, 5.41) is 0. The quantitative estimate of drug-likeness (QED) is 0.0754. The molecule has 0 aliphatic rings. The second-order valence-corrected chi connectivity index (χ2v) is 9.48. The van der Waals surface area contributed by atoms with Crippen LogP contribution < -0.4 is 14.2 Å². The van der Waals surface area contributed by atoms with Crippen LogP contribution in [0.15, 0.2) is 61.2 Å². The number of carbonyl (C=O) groups is 2. The van der Waals surface area contributed by atoms with Gasteiger partial charge in [0.25, 0.3) is 0 Å². The first-order valence-electron chi connectivity index (χ1n) is 14.0. The third-order valence-electron chi connectivity index (χ3n) is 6.25. The van der Waals surface area contributed by atoms with Crippen LogP contribution in [0, 0.1) is 0 Å². The number of hydrogen-bond donors (Lipinski definition) is 0. The summed E-state index contributed by atoms with van der Waals surface area (Å²) in [6.07, 6.45) is 13.9. The standard InChI is InChI=1S/C32H44O6/c1-4-26(3)37-29-20-22-30(23-21-29)38-32(34)27-16-18-28(19-17-27)35-24-14-12-10-8-6-7-9-11-13-15-25-36-31(33)5-2/h5,16-23,26H,2,4,6-15,24-25H2,1,3H3. The van der Waals surface area contributed by atoms with Crippen molar-refractivity contribution in [3.05, 3.63) is 66.7 Å². The highest BCUT2D eigenvalue weighted by molar-refractivity contribution is 5.91. The Morgan fingerprint density at radius 3 is 1.79 bits per heavy atom. The molecule has 2 rings (SSSR count). The number of ether oxygens (including phenoxy) is 4. The zero-order valence-corrected chi connectivity index (χ0v) is 23.1. The molecule has 6 nitrogen and oxygen atoms in total. The maximum absolute atomic E-state index is 12.4. The van der Waals surface area contributed by atoms with Crippen molar-refractivity contribution >= 4 is 11.9 Å². The average Bonchev–Trinajstić information content (AvgIpc) is 2.94. The molecule has 2 aromatic rings. The summed E-state index contributed by atoms with van der Waals surface area (Å²) in [5.41, 5.74) is 0.480. The molecule has 1 unspecified atom stereocenters. The highest BCUT2D eigenvalue weighted by atomic mass is 16.5. The lowest BCUT2D eigenvalue weighted by atomic mass is 10.1. The van der Waals surface area contributed by atoms with Gasteiger partial charge in [0.05, 0.1) is 24.9 Å². The van der Waals surface area contributed by atoms with Crippen molar-refractivity contribution in [2.75, 3.05) is 13.2 Å². The lowest BCUT2D eigenvalue weighted by molar-refractivity contribution is -0.137. The van der Waals surface area contributed by atoms with Crippen molar-refractivity contribution in [1.82, 2.24) is 0 Å². The number of benzene rings is 2. The van der Waals surface area contributed by atoms with Gasteiger partial charge in [-0.25, -0.2) is 9.59 Å². The summed E-state index contributed by atoms with van der Waals surface area (Å²) >= 11 is 0. The fourth-order valence-electron chi connectivity index (χ4n) is 3.80. The number of unbranched alkanes of at least 4 members (excludes halogenated alkanes) is 9. The Bertz CT molecular complexity index is 935. The highest BCUT2D eigenvalue weighted by Crippen LogP contribution is 2.21. The molecule has 0 heterocycles. The average molecular weight is 525 g/mol. The van der Waals surface area contributed by atoms with Crippen LogP contribution in [0.3, 0.4) is 0 Å². The zero-order valence-electron chi connectivity index (χ0n) is 23.1. The summed E-state index contributed by atoms with van der Waals surface area (Å²) in [6, 6.07) is 14.2. The monoisotopic (exact) mass is 524 g/mol. The van der Waals surface area contributed by atoms with E-state index in [0.717, 1.165) is 43.6 Å². The Morgan fingerprint density at radius 2 is 1.24 bits per heavy atom. The molecule has 1 atom stereocenters. The zero-order chi connectivity index (χ0) is 27.4. The molecule has 38 heavy (non-hydrogen) atoms. The van der Waals surface area contributed by atoms with Crippen LogP contribution in [-0.2, 0) is 9.53 Å². The van der Waals surface area contributed by atoms with Gasteiger partial charge in [-0.15, -0.1) is 0 Å². The minimum atomic E-state index is -0.402. The Hall–Kier alpha value is -3.28. The molecule has 0 spiro atoms. The molecule has 0 fully saturated rings. The van der Waals surface area contributed by atoms with E-state index in [2.05, 4.69) is 13.5 Å². The topological polar surface area (TPSA) is 71.1 Å². The largest absolute Gasteiger partial charge is 0.494 e. The van der Waals surface area contributed by atoms with Gasteiger partial charge in [-0.3, -0.25) is 0 Å². The van der Waals surface area contributed by atoms with Gasteiger partial charge in [-0.2, -0.15) is 0 Å². The Morgan fingerprint density at radius 1 is 0.737 bits per heavy atom. The number of carbonyl (C=O) groups excluding carboxylic acids is 2. The van der Waals surface area contributed by atoms with E-state index in [-0.39, 0.29) is 12.1 Å². The van der Waals surface area contributed by atoms with Gasteiger partial charge < -0.3 is 18.9 Å². The molecule has 0 aromatic heterocycles. The van der Waals surface area contributed by atoms with Crippen molar-refractivity contribution in [2.45, 2.75) is 90.6 Å². The van der Waals surface area contributed by atoms with Gasteiger partial charge in [0.1, 0.15) is 17.2 Å². The van der Waals surface area contributed by atoms with Crippen molar-refractivity contribution in [2.24, 2.45) is 0 Å². The van der Waals surface area contributed by atoms with Crippen molar-refractivity contribution in [3.8, 4) is 17.2 Å². The third-order valence-corrected chi connectivity index (χ3v) is 6.25. The van der Waals surface area contributed by atoms with Crippen molar-refractivity contribution in [1.29, 1.82) is 0 Å². The molecule has 0 saturated carbocycles. The van der Waals surface area contributed by atoms with E-state index in [4.69, 9.17) is 18.9 Å². The van der Waals surface area contributed by atoms with Crippen LogP contribution >= 0.6 is 0 Å². The summed E-state index contributed by atoms with van der Waals surface area (Å²) in [6.45, 7) is 8.64. The predicted molar refractivity (Wildman–Crippen MR) is 151 cm³/mol. The molecule has 208 valence electrons. The Labute approximate surface area is 228 Å². The third kappa shape index (κ3) is 13.3. The van der Waals surface area contributed by atoms with Gasteiger partial charge in [0, 0.05) is 6.08 Å². The smallest absolute Gasteiger partial charge is 0.343 e. The molecule has 0 amide bonds. The van der Waals surface area contributed by atoms with Crippen LogP contribution in [0.2, 0.25) is 0 Å². The lowest BCUT2D eigenvalue weighted by Gasteiger charge is -2.12. The summed E-state index contributed by atoms with van der Waals surface area (Å²) < 4.78 is 22.0. The Balaban J connectivity index is 1.50. The molecule has 0 saturated heterocycles. The fourth-order valence-corrected chi connectivity index (χ4v) is 3.80. The van der Waals surface area contributed by atoms with Gasteiger partial charge in [-0.05, 0) is 74.7 Å². The number of esters is 2. The minimum absolute atomic E-state index is 0.144. The molecule has 2 aromatic carbocycles. The van der Waals surface area contributed by atoms with Gasteiger partial charge >= 0.3 is 11.9 Å². The second-order valence-electron chi connectivity index (χ2n) is 9.48. The number of rotatable bonds is 20. The second kappa shape index (κ2) is 18.9. The summed E-state index contributed by atoms with van der Waals surface area (Å²) in [4.78, 5) is 23.4. The van der Waals surface area contributed by atoms with E-state index >= 15 is 0 Å². The molecule has 0 N–H and O–H groups in total. The van der Waals surface area contributed by atoms with Crippen LogP contribution in [0.25, 0.3) is 0 Å². The van der Waals surface area contributed by atoms with Crippen molar-refractivity contribution < 1.29 is 28.5 Å².